The molecular weight excluding hydrogens is 312 g/mol. The van der Waals surface area contributed by atoms with Crippen molar-refractivity contribution in [1.82, 2.24) is 0 Å². The highest BCUT2D eigenvalue weighted by atomic mass is 14.3. The minimum Gasteiger partial charge on any atom is -0.0908 e. The number of rotatable bonds is 2. The average molecular weight is 345 g/mol. The van der Waals surface area contributed by atoms with E-state index in [0.717, 1.165) is 12.8 Å². The van der Waals surface area contributed by atoms with Crippen molar-refractivity contribution in [2.45, 2.75) is 54.4 Å². The quantitative estimate of drug-likeness (QED) is 0.518. The van der Waals surface area contributed by atoms with E-state index in [4.69, 9.17) is 0 Å². The number of fused-ring (bicyclic) bond motifs is 2. The zero-order valence-electron chi connectivity index (χ0n) is 17.2. The highest BCUT2D eigenvalue weighted by Gasteiger charge is 2.25. The normalized spacial score (nSPS) is 14.3. The number of hydrogen-bond acceptors (Lipinski definition) is 0. The summed E-state index contributed by atoms with van der Waals surface area (Å²) in [5.74, 6) is 0. The molecule has 2 aliphatic carbocycles. The zero-order valence-corrected chi connectivity index (χ0v) is 17.2. The van der Waals surface area contributed by atoms with E-state index in [0.29, 0.717) is 0 Å². The molecule has 0 aliphatic heterocycles. The van der Waals surface area contributed by atoms with Crippen LogP contribution < -0.4 is 0 Å². The van der Waals surface area contributed by atoms with Gasteiger partial charge in [0.25, 0.3) is 0 Å². The van der Waals surface area contributed by atoms with E-state index < -0.39 is 0 Å². The fraction of sp³-hybridized carbons (Fsp3) is 0.308. The molecule has 0 radical (unpaired) electrons. The van der Waals surface area contributed by atoms with Crippen LogP contribution in [0.1, 0.15) is 70.2 Å². The third kappa shape index (κ3) is 3.46. The van der Waals surface area contributed by atoms with Crippen molar-refractivity contribution in [3.8, 4) is 0 Å². The number of benzene rings is 2. The van der Waals surface area contributed by atoms with Crippen LogP contribution in [0.3, 0.4) is 0 Å². The van der Waals surface area contributed by atoms with Crippen molar-refractivity contribution < 1.29 is 0 Å². The van der Waals surface area contributed by atoms with Crippen LogP contribution in [0.2, 0.25) is 0 Å². The fourth-order valence-electron chi connectivity index (χ4n) is 3.87. The molecule has 0 unspecified atom stereocenters. The maximum absolute atomic E-state index is 4.36. The van der Waals surface area contributed by atoms with Crippen molar-refractivity contribution >= 4 is 16.7 Å². The van der Waals surface area contributed by atoms with E-state index >= 15 is 0 Å². The van der Waals surface area contributed by atoms with Gasteiger partial charge in [0.15, 0.2) is 0 Å². The van der Waals surface area contributed by atoms with E-state index in [1.54, 1.807) is 5.57 Å². The Kier molecular flexibility index (Phi) is 6.80. The summed E-state index contributed by atoms with van der Waals surface area (Å²) in [7, 11) is 0. The van der Waals surface area contributed by atoms with Crippen molar-refractivity contribution in [2.24, 2.45) is 0 Å². The second-order valence-corrected chi connectivity index (χ2v) is 6.37. The molecule has 136 valence electrons. The zero-order chi connectivity index (χ0) is 19.3. The lowest BCUT2D eigenvalue weighted by Gasteiger charge is -2.09. The molecule has 0 bridgehead atoms. The summed E-state index contributed by atoms with van der Waals surface area (Å²) in [6.07, 6.45) is 2.11. The lowest BCUT2D eigenvalue weighted by Crippen LogP contribution is -1.90. The van der Waals surface area contributed by atoms with E-state index in [1.807, 2.05) is 27.7 Å². The minimum atomic E-state index is 1.03. The molecule has 0 atom stereocenters. The molecule has 2 aromatic rings. The Morgan fingerprint density at radius 1 is 0.731 bits per heavy atom. The van der Waals surface area contributed by atoms with Gasteiger partial charge in [-0.3, -0.25) is 0 Å². The van der Waals surface area contributed by atoms with E-state index in [2.05, 4.69) is 69.0 Å². The van der Waals surface area contributed by atoms with Crippen LogP contribution in [0.15, 0.2) is 66.3 Å². The van der Waals surface area contributed by atoms with Gasteiger partial charge in [0.05, 0.1) is 0 Å². The Morgan fingerprint density at radius 3 is 1.85 bits per heavy atom. The Balaban J connectivity index is 0.000000570. The lowest BCUT2D eigenvalue weighted by atomic mass is 9.95. The molecule has 26 heavy (non-hydrogen) atoms. The van der Waals surface area contributed by atoms with Crippen LogP contribution >= 0.6 is 0 Å². The van der Waals surface area contributed by atoms with Gasteiger partial charge in [-0.25, -0.2) is 0 Å². The Labute approximate surface area is 160 Å². The molecule has 0 saturated carbocycles. The van der Waals surface area contributed by atoms with Gasteiger partial charge < -0.3 is 0 Å². The van der Waals surface area contributed by atoms with Crippen molar-refractivity contribution in [3.05, 3.63) is 88.5 Å². The molecule has 0 aromatic heterocycles. The third-order valence-corrected chi connectivity index (χ3v) is 5.22. The number of hydrogen-bond donors (Lipinski definition) is 0. The van der Waals surface area contributed by atoms with E-state index in [-0.39, 0.29) is 0 Å². The Bertz CT molecular complexity index is 859. The number of allylic oxidation sites excluding steroid dienone is 5. The van der Waals surface area contributed by atoms with Gasteiger partial charge in [-0.05, 0) is 71.2 Å². The summed E-state index contributed by atoms with van der Waals surface area (Å²) >= 11 is 0. The first kappa shape index (κ1) is 20.0. The Hall–Kier alpha value is -2.34. The molecule has 0 N–H and O–H groups in total. The van der Waals surface area contributed by atoms with Gasteiger partial charge in [-0.2, -0.15) is 0 Å². The minimum absolute atomic E-state index is 1.03. The van der Waals surface area contributed by atoms with Crippen LogP contribution in [0.4, 0.5) is 0 Å². The molecule has 4 rings (SSSR count). The molecule has 0 spiro atoms. The third-order valence-electron chi connectivity index (χ3n) is 5.22. The molecule has 0 heterocycles. The summed E-state index contributed by atoms with van der Waals surface area (Å²) in [4.78, 5) is 0. The monoisotopic (exact) mass is 344 g/mol. The van der Waals surface area contributed by atoms with Gasteiger partial charge in [-0.1, -0.05) is 88.4 Å². The van der Waals surface area contributed by atoms with Gasteiger partial charge in [0, 0.05) is 0 Å². The van der Waals surface area contributed by atoms with Crippen LogP contribution in [-0.2, 0) is 6.42 Å². The van der Waals surface area contributed by atoms with Gasteiger partial charge in [0.1, 0.15) is 0 Å². The predicted molar refractivity (Wildman–Crippen MR) is 118 cm³/mol. The Morgan fingerprint density at radius 2 is 1.27 bits per heavy atom. The predicted octanol–water partition coefficient (Wildman–Crippen LogP) is 7.96. The highest BCUT2D eigenvalue weighted by Crippen LogP contribution is 2.45. The first-order valence-electron chi connectivity index (χ1n) is 9.92. The van der Waals surface area contributed by atoms with Crippen LogP contribution in [0.5, 0.6) is 0 Å². The van der Waals surface area contributed by atoms with Crippen LogP contribution in [-0.4, -0.2) is 0 Å². The molecule has 0 fully saturated rings. The maximum Gasteiger partial charge on any atom is -0.00490 e. The largest absolute Gasteiger partial charge is 0.0908 e. The van der Waals surface area contributed by atoms with Crippen LogP contribution in [0, 0.1) is 0 Å². The first-order chi connectivity index (χ1) is 12.7. The molecule has 0 nitrogen and oxygen atoms in total. The molecule has 0 saturated heterocycles. The summed E-state index contributed by atoms with van der Waals surface area (Å²) in [6.45, 7) is 16.9. The van der Waals surface area contributed by atoms with Crippen molar-refractivity contribution in [3.63, 3.8) is 0 Å². The van der Waals surface area contributed by atoms with E-state index in [9.17, 15) is 0 Å². The average Bonchev–Trinajstić information content (AvgIpc) is 3.15. The summed E-state index contributed by atoms with van der Waals surface area (Å²) in [6, 6.07) is 17.4. The maximum atomic E-state index is 4.36. The van der Waals surface area contributed by atoms with Gasteiger partial charge in [-0.15, -0.1) is 0 Å². The topological polar surface area (TPSA) is 0 Å². The second kappa shape index (κ2) is 8.85. The van der Waals surface area contributed by atoms with Crippen LogP contribution in [0.25, 0.3) is 16.7 Å². The molecule has 2 aromatic carbocycles. The second-order valence-electron chi connectivity index (χ2n) is 6.37. The molecule has 2 aliphatic rings. The summed E-state index contributed by atoms with van der Waals surface area (Å²) in [5, 5.41) is 0. The SMILES string of the molecule is C=C1C(CC2=C(C)c3ccccc3C2)=C(C)c2ccccc21.CC.CC. The summed E-state index contributed by atoms with van der Waals surface area (Å²) < 4.78 is 0. The van der Waals surface area contributed by atoms with Crippen molar-refractivity contribution in [2.75, 3.05) is 0 Å². The van der Waals surface area contributed by atoms with Gasteiger partial charge in [0.2, 0.25) is 0 Å². The lowest BCUT2D eigenvalue weighted by molar-refractivity contribution is 1.08. The summed E-state index contributed by atoms with van der Waals surface area (Å²) in [5.41, 5.74) is 12.6. The van der Waals surface area contributed by atoms with Gasteiger partial charge >= 0.3 is 0 Å². The fourth-order valence-corrected chi connectivity index (χ4v) is 3.87. The first-order valence-corrected chi connectivity index (χ1v) is 9.92. The van der Waals surface area contributed by atoms with E-state index in [1.165, 1.54) is 44.5 Å². The van der Waals surface area contributed by atoms with Crippen molar-refractivity contribution in [1.29, 1.82) is 0 Å². The molecule has 0 heteroatoms. The standard InChI is InChI=1S/C22H20.2C2H6/c1-14-18(12-17-8-4-5-9-19(14)17)13-22-15(2)20-10-6-7-11-21(20)16(22)3;2*1-2/h4-11H,2,12-13H2,1,3H3;2*1-2H3. The molecular formula is C26H32. The highest BCUT2D eigenvalue weighted by molar-refractivity contribution is 5.99. The molecule has 0 amide bonds. The smallest absolute Gasteiger partial charge is 0.00490 e.